The van der Waals surface area contributed by atoms with Crippen molar-refractivity contribution in [2.45, 2.75) is 19.4 Å². The molecule has 1 aromatic heterocycles. The molecule has 0 bridgehead atoms. The summed E-state index contributed by atoms with van der Waals surface area (Å²) in [5.74, 6) is -0.849. The van der Waals surface area contributed by atoms with Gasteiger partial charge in [0.1, 0.15) is 5.69 Å². The van der Waals surface area contributed by atoms with Crippen LogP contribution in [0.2, 0.25) is 0 Å². The van der Waals surface area contributed by atoms with Gasteiger partial charge in [0.05, 0.1) is 0 Å². The van der Waals surface area contributed by atoms with E-state index in [-0.39, 0.29) is 17.6 Å². The smallest absolute Gasteiger partial charge is 0.354 e. The Bertz CT molecular complexity index is 445. The number of aromatic nitrogens is 1. The number of hydrogen-bond acceptors (Lipinski definition) is 3. The molecule has 0 radical (unpaired) electrons. The molecule has 1 amide bonds. The van der Waals surface area contributed by atoms with Gasteiger partial charge < -0.3 is 10.4 Å². The zero-order valence-electron chi connectivity index (χ0n) is 8.80. The molecule has 2 atom stereocenters. The molecule has 5 nitrogen and oxygen atoms in total. The highest BCUT2D eigenvalue weighted by molar-refractivity contribution is 5.96. The van der Waals surface area contributed by atoms with Gasteiger partial charge in [0.2, 0.25) is 0 Å². The molecule has 0 spiro atoms. The van der Waals surface area contributed by atoms with Crippen molar-refractivity contribution in [3.05, 3.63) is 29.6 Å². The van der Waals surface area contributed by atoms with Crippen LogP contribution in [0.25, 0.3) is 0 Å². The second-order valence-corrected chi connectivity index (χ2v) is 4.03. The number of nitrogens with zero attached hydrogens (tertiary/aromatic N) is 1. The maximum absolute atomic E-state index is 11.7. The van der Waals surface area contributed by atoms with E-state index in [0.717, 1.165) is 6.42 Å². The fraction of sp³-hybridized carbons (Fsp3) is 0.364. The topological polar surface area (TPSA) is 79.3 Å². The predicted octanol–water partition coefficient (Wildman–Crippen LogP) is 0.918. The van der Waals surface area contributed by atoms with E-state index in [4.69, 9.17) is 5.11 Å². The molecule has 1 aliphatic rings. The van der Waals surface area contributed by atoms with E-state index in [1.165, 1.54) is 18.3 Å². The van der Waals surface area contributed by atoms with Crippen LogP contribution < -0.4 is 5.32 Å². The van der Waals surface area contributed by atoms with Crippen LogP contribution in [0.1, 0.15) is 34.2 Å². The Morgan fingerprint density at radius 3 is 2.81 bits per heavy atom. The van der Waals surface area contributed by atoms with Gasteiger partial charge in [0, 0.05) is 17.8 Å². The molecule has 2 N–H and O–H groups in total. The maximum atomic E-state index is 11.7. The Morgan fingerprint density at radius 2 is 2.25 bits per heavy atom. The lowest BCUT2D eigenvalue weighted by molar-refractivity contribution is 0.0690. The van der Waals surface area contributed by atoms with Crippen molar-refractivity contribution in [1.29, 1.82) is 0 Å². The van der Waals surface area contributed by atoms with Crippen molar-refractivity contribution >= 4 is 11.9 Å². The molecule has 2 unspecified atom stereocenters. The highest BCUT2D eigenvalue weighted by Gasteiger charge is 2.34. The second-order valence-electron chi connectivity index (χ2n) is 4.03. The Hall–Kier alpha value is -1.91. The molecule has 2 rings (SSSR count). The number of aromatic carboxylic acids is 1. The number of carbonyl (C=O) groups is 2. The minimum Gasteiger partial charge on any atom is -0.477 e. The molecule has 84 valence electrons. The van der Waals surface area contributed by atoms with Gasteiger partial charge in [0.15, 0.2) is 0 Å². The van der Waals surface area contributed by atoms with E-state index in [9.17, 15) is 9.59 Å². The lowest BCUT2D eigenvalue weighted by Gasteiger charge is -2.03. The van der Waals surface area contributed by atoms with Gasteiger partial charge in [-0.3, -0.25) is 4.79 Å². The largest absolute Gasteiger partial charge is 0.477 e. The fourth-order valence-electron chi connectivity index (χ4n) is 1.46. The van der Waals surface area contributed by atoms with Crippen molar-refractivity contribution in [3.63, 3.8) is 0 Å². The predicted molar refractivity (Wildman–Crippen MR) is 56.2 cm³/mol. The minimum absolute atomic E-state index is 0.114. The quantitative estimate of drug-likeness (QED) is 0.793. The molecular formula is C11H12N2O3. The van der Waals surface area contributed by atoms with Crippen molar-refractivity contribution in [1.82, 2.24) is 10.3 Å². The van der Waals surface area contributed by atoms with Gasteiger partial charge in [-0.2, -0.15) is 0 Å². The molecule has 5 heteroatoms. The molecule has 1 fully saturated rings. The van der Waals surface area contributed by atoms with Crippen LogP contribution in [-0.4, -0.2) is 28.0 Å². The number of carboxylic acids is 1. The van der Waals surface area contributed by atoms with Crippen molar-refractivity contribution in [2.75, 3.05) is 0 Å². The summed E-state index contributed by atoms with van der Waals surface area (Å²) in [4.78, 5) is 26.0. The Morgan fingerprint density at radius 1 is 1.56 bits per heavy atom. The summed E-state index contributed by atoms with van der Waals surface area (Å²) in [7, 11) is 0. The summed E-state index contributed by atoms with van der Waals surface area (Å²) >= 11 is 0. The summed E-state index contributed by atoms with van der Waals surface area (Å²) in [6, 6.07) is 3.02. The number of carbonyl (C=O) groups excluding carboxylic acids is 1. The molecule has 1 heterocycles. The van der Waals surface area contributed by atoms with Crippen LogP contribution in [0, 0.1) is 5.92 Å². The highest BCUT2D eigenvalue weighted by Crippen LogP contribution is 2.29. The second kappa shape index (κ2) is 3.92. The number of rotatable bonds is 3. The van der Waals surface area contributed by atoms with E-state index in [1.54, 1.807) is 0 Å². The molecule has 0 aliphatic heterocycles. The molecule has 1 aromatic rings. The van der Waals surface area contributed by atoms with Crippen LogP contribution in [0.4, 0.5) is 0 Å². The third-order valence-corrected chi connectivity index (χ3v) is 2.67. The Labute approximate surface area is 92.5 Å². The molecule has 0 saturated heterocycles. The van der Waals surface area contributed by atoms with Crippen molar-refractivity contribution < 1.29 is 14.7 Å². The third kappa shape index (κ3) is 2.18. The first-order valence-electron chi connectivity index (χ1n) is 5.08. The molecule has 0 aromatic carbocycles. The average Bonchev–Trinajstić information content (AvgIpc) is 2.94. The third-order valence-electron chi connectivity index (χ3n) is 2.67. The van der Waals surface area contributed by atoms with Gasteiger partial charge in [-0.05, 0) is 24.5 Å². The number of nitrogens with one attached hydrogen (secondary N) is 1. The van der Waals surface area contributed by atoms with Crippen LogP contribution >= 0.6 is 0 Å². The van der Waals surface area contributed by atoms with Crippen LogP contribution in [0.3, 0.4) is 0 Å². The zero-order chi connectivity index (χ0) is 11.7. The van der Waals surface area contributed by atoms with Crippen LogP contribution in [-0.2, 0) is 0 Å². The lowest BCUT2D eigenvalue weighted by atomic mass is 10.2. The van der Waals surface area contributed by atoms with Crippen molar-refractivity contribution in [3.8, 4) is 0 Å². The van der Waals surface area contributed by atoms with Crippen LogP contribution in [0.5, 0.6) is 0 Å². The molecule has 1 aliphatic carbocycles. The number of pyridine rings is 1. The van der Waals surface area contributed by atoms with E-state index < -0.39 is 5.97 Å². The first kappa shape index (κ1) is 10.6. The highest BCUT2D eigenvalue weighted by atomic mass is 16.4. The standard InChI is InChI=1S/C11H12N2O3/c1-6-4-8(6)13-10(14)7-2-3-12-9(5-7)11(15)16/h2-3,5-6,8H,4H2,1H3,(H,13,14)(H,15,16). The first-order valence-corrected chi connectivity index (χ1v) is 5.08. The van der Waals surface area contributed by atoms with E-state index in [0.29, 0.717) is 11.5 Å². The van der Waals surface area contributed by atoms with Gasteiger partial charge in [-0.15, -0.1) is 0 Å². The van der Waals surface area contributed by atoms with Gasteiger partial charge in [-0.25, -0.2) is 9.78 Å². The SMILES string of the molecule is CC1CC1NC(=O)c1ccnc(C(=O)O)c1. The summed E-state index contributed by atoms with van der Waals surface area (Å²) in [6.07, 6.45) is 2.32. The summed E-state index contributed by atoms with van der Waals surface area (Å²) in [5.41, 5.74) is 0.225. The maximum Gasteiger partial charge on any atom is 0.354 e. The summed E-state index contributed by atoms with van der Waals surface area (Å²) in [5, 5.41) is 11.6. The first-order chi connectivity index (χ1) is 7.58. The van der Waals surface area contributed by atoms with Crippen molar-refractivity contribution in [2.24, 2.45) is 5.92 Å². The summed E-state index contributed by atoms with van der Waals surface area (Å²) in [6.45, 7) is 2.06. The number of carboxylic acid groups (broad SMARTS) is 1. The van der Waals surface area contributed by atoms with E-state index in [2.05, 4.69) is 17.2 Å². The van der Waals surface area contributed by atoms with Gasteiger partial charge in [-0.1, -0.05) is 6.92 Å². The molecule has 1 saturated carbocycles. The Balaban J connectivity index is 2.10. The lowest BCUT2D eigenvalue weighted by Crippen LogP contribution is -2.26. The minimum atomic E-state index is -1.13. The van der Waals surface area contributed by atoms with Crippen LogP contribution in [0.15, 0.2) is 18.3 Å². The Kier molecular flexibility index (Phi) is 2.60. The summed E-state index contributed by atoms with van der Waals surface area (Å²) < 4.78 is 0. The van der Waals surface area contributed by atoms with Gasteiger partial charge in [0.25, 0.3) is 5.91 Å². The molecular weight excluding hydrogens is 208 g/mol. The normalized spacial score (nSPS) is 22.6. The number of hydrogen-bond donors (Lipinski definition) is 2. The van der Waals surface area contributed by atoms with Gasteiger partial charge >= 0.3 is 5.97 Å². The fourth-order valence-corrected chi connectivity index (χ4v) is 1.46. The van der Waals surface area contributed by atoms with E-state index in [1.807, 2.05) is 0 Å². The van der Waals surface area contributed by atoms with E-state index >= 15 is 0 Å². The monoisotopic (exact) mass is 220 g/mol. The molecule has 16 heavy (non-hydrogen) atoms. The zero-order valence-corrected chi connectivity index (χ0v) is 8.80. The average molecular weight is 220 g/mol. The number of amides is 1.